The second-order valence-corrected chi connectivity index (χ2v) is 8.95. The smallest absolute Gasteiger partial charge is 0.326 e. The fraction of sp³-hybridized carbons (Fsp3) is 0.350. The molecule has 0 saturated carbocycles. The van der Waals surface area contributed by atoms with Gasteiger partial charge in [-0.3, -0.25) is 4.79 Å². The van der Waals surface area contributed by atoms with Crippen molar-refractivity contribution in [2.45, 2.75) is 30.8 Å². The van der Waals surface area contributed by atoms with E-state index in [0.717, 1.165) is 10.4 Å². The zero-order valence-corrected chi connectivity index (χ0v) is 16.6. The first kappa shape index (κ1) is 21.3. The maximum Gasteiger partial charge on any atom is 0.416 e. The highest BCUT2D eigenvalue weighted by atomic mass is 32.2. The molecule has 1 heterocycles. The van der Waals surface area contributed by atoms with Gasteiger partial charge < -0.3 is 5.32 Å². The van der Waals surface area contributed by atoms with Crippen molar-refractivity contribution in [3.63, 3.8) is 0 Å². The minimum Gasteiger partial charge on any atom is -0.326 e. The molecule has 156 valence electrons. The minimum atomic E-state index is -4.63. The Morgan fingerprint density at radius 2 is 1.69 bits per heavy atom. The Labute approximate surface area is 167 Å². The van der Waals surface area contributed by atoms with E-state index in [9.17, 15) is 26.4 Å². The number of alkyl halides is 3. The molecule has 0 bridgehead atoms. The summed E-state index contributed by atoms with van der Waals surface area (Å²) >= 11 is 0. The van der Waals surface area contributed by atoms with Crippen molar-refractivity contribution in [2.24, 2.45) is 5.92 Å². The number of anilines is 1. The zero-order chi connectivity index (χ0) is 21.2. The van der Waals surface area contributed by atoms with Gasteiger partial charge in [0.25, 0.3) is 0 Å². The lowest BCUT2D eigenvalue weighted by Crippen LogP contribution is -2.41. The number of nitrogens with one attached hydrogen (secondary N) is 1. The van der Waals surface area contributed by atoms with Crippen molar-refractivity contribution in [3.8, 4) is 0 Å². The first-order chi connectivity index (χ1) is 13.6. The van der Waals surface area contributed by atoms with Crippen LogP contribution in [0.4, 0.5) is 18.9 Å². The Hall–Kier alpha value is -2.39. The summed E-state index contributed by atoms with van der Waals surface area (Å²) in [7, 11) is -4.07. The summed E-state index contributed by atoms with van der Waals surface area (Å²) < 4.78 is 66.1. The number of piperidine rings is 1. The van der Waals surface area contributed by atoms with E-state index in [1.807, 2.05) is 6.07 Å². The first-order valence-electron chi connectivity index (χ1n) is 9.13. The largest absolute Gasteiger partial charge is 0.416 e. The van der Waals surface area contributed by atoms with Crippen LogP contribution in [0.3, 0.4) is 0 Å². The number of hydrogen-bond acceptors (Lipinski definition) is 3. The summed E-state index contributed by atoms with van der Waals surface area (Å²) in [5, 5.41) is 2.80. The number of aryl methyl sites for hydroxylation is 1. The third kappa shape index (κ3) is 4.79. The number of benzene rings is 2. The molecule has 0 aromatic heterocycles. The maximum atomic E-state index is 13.1. The number of para-hydroxylation sites is 1. The summed E-state index contributed by atoms with van der Waals surface area (Å²) in [6.07, 6.45) is -4.02. The second kappa shape index (κ2) is 8.16. The van der Waals surface area contributed by atoms with E-state index < -0.39 is 21.8 Å². The molecule has 1 N–H and O–H groups in total. The van der Waals surface area contributed by atoms with E-state index in [1.165, 1.54) is 13.0 Å². The lowest BCUT2D eigenvalue weighted by atomic mass is 9.97. The normalized spacial score (nSPS) is 16.6. The van der Waals surface area contributed by atoms with Gasteiger partial charge in [0.05, 0.1) is 10.5 Å². The van der Waals surface area contributed by atoms with Crippen LogP contribution in [0.15, 0.2) is 53.4 Å². The highest BCUT2D eigenvalue weighted by Gasteiger charge is 2.36. The molecule has 1 aliphatic rings. The van der Waals surface area contributed by atoms with Gasteiger partial charge in [-0.15, -0.1) is 0 Å². The molecule has 1 saturated heterocycles. The second-order valence-electron chi connectivity index (χ2n) is 7.01. The molecule has 0 radical (unpaired) electrons. The molecule has 1 aliphatic heterocycles. The number of hydrogen-bond donors (Lipinski definition) is 1. The van der Waals surface area contributed by atoms with E-state index in [0.29, 0.717) is 24.6 Å². The van der Waals surface area contributed by atoms with Gasteiger partial charge in [0.2, 0.25) is 15.9 Å². The van der Waals surface area contributed by atoms with Crippen LogP contribution in [0, 0.1) is 12.8 Å². The Kier molecular flexibility index (Phi) is 6.00. The average molecular weight is 426 g/mol. The van der Waals surface area contributed by atoms with E-state index in [1.54, 1.807) is 24.3 Å². The number of carbonyl (C=O) groups is 1. The van der Waals surface area contributed by atoms with Crippen LogP contribution < -0.4 is 5.32 Å². The van der Waals surface area contributed by atoms with E-state index in [-0.39, 0.29) is 35.4 Å². The number of carbonyl (C=O) groups excluding carboxylic acids is 1. The third-order valence-electron chi connectivity index (χ3n) is 5.02. The van der Waals surface area contributed by atoms with Crippen molar-refractivity contribution in [3.05, 3.63) is 59.7 Å². The van der Waals surface area contributed by atoms with Crippen LogP contribution in [0.1, 0.15) is 24.0 Å². The molecule has 0 atom stereocenters. The molecule has 2 aromatic rings. The fourth-order valence-corrected chi connectivity index (χ4v) is 4.84. The van der Waals surface area contributed by atoms with Crippen molar-refractivity contribution in [1.29, 1.82) is 0 Å². The highest BCUT2D eigenvalue weighted by molar-refractivity contribution is 7.89. The lowest BCUT2D eigenvalue weighted by molar-refractivity contribution is -0.138. The summed E-state index contributed by atoms with van der Waals surface area (Å²) in [5.41, 5.74) is -0.338. The van der Waals surface area contributed by atoms with Gasteiger partial charge in [-0.05, 0) is 49.6 Å². The molecule has 29 heavy (non-hydrogen) atoms. The molecule has 9 heteroatoms. The van der Waals surface area contributed by atoms with Crippen molar-refractivity contribution in [1.82, 2.24) is 4.31 Å². The van der Waals surface area contributed by atoms with Gasteiger partial charge in [0.1, 0.15) is 0 Å². The van der Waals surface area contributed by atoms with Crippen molar-refractivity contribution < 1.29 is 26.4 Å². The number of nitrogens with zero attached hydrogens (tertiary/aromatic N) is 1. The zero-order valence-electron chi connectivity index (χ0n) is 15.7. The molecular formula is C20H21F3N2O3S. The molecular weight excluding hydrogens is 405 g/mol. The highest BCUT2D eigenvalue weighted by Crippen LogP contribution is 2.34. The lowest BCUT2D eigenvalue weighted by Gasteiger charge is -2.30. The molecule has 5 nitrogen and oxygen atoms in total. The van der Waals surface area contributed by atoms with Crippen LogP contribution in [0.2, 0.25) is 0 Å². The van der Waals surface area contributed by atoms with Crippen LogP contribution in [-0.4, -0.2) is 31.7 Å². The molecule has 0 aliphatic carbocycles. The van der Waals surface area contributed by atoms with E-state index >= 15 is 0 Å². The quantitative estimate of drug-likeness (QED) is 0.802. The van der Waals surface area contributed by atoms with Gasteiger partial charge in [-0.25, -0.2) is 8.42 Å². The Balaban J connectivity index is 1.69. The Bertz CT molecular complexity index is 984. The van der Waals surface area contributed by atoms with E-state index in [2.05, 4.69) is 5.32 Å². The van der Waals surface area contributed by atoms with Crippen LogP contribution in [-0.2, 0) is 21.0 Å². The standard InChI is InChI=1S/C20H21F3N2O3S/c1-14-7-8-17(13-18(14)20(21,22)23)29(27,28)25-11-9-15(10-12-25)19(26)24-16-5-3-2-4-6-16/h2-8,13,15H,9-12H2,1H3,(H,24,26). The number of amides is 1. The predicted molar refractivity (Wildman–Crippen MR) is 103 cm³/mol. The molecule has 1 fully saturated rings. The van der Waals surface area contributed by atoms with E-state index in [4.69, 9.17) is 0 Å². The average Bonchev–Trinajstić information content (AvgIpc) is 2.68. The predicted octanol–water partition coefficient (Wildman–Crippen LogP) is 4.05. The molecule has 0 spiro atoms. The minimum absolute atomic E-state index is 0.0345. The topological polar surface area (TPSA) is 66.5 Å². The van der Waals surface area contributed by atoms with Crippen LogP contribution >= 0.6 is 0 Å². The van der Waals surface area contributed by atoms with Crippen LogP contribution in [0.5, 0.6) is 0 Å². The first-order valence-corrected chi connectivity index (χ1v) is 10.6. The summed E-state index contributed by atoms with van der Waals surface area (Å²) in [5.74, 6) is -0.548. The molecule has 3 rings (SSSR count). The summed E-state index contributed by atoms with van der Waals surface area (Å²) in [6.45, 7) is 1.44. The van der Waals surface area contributed by atoms with Crippen molar-refractivity contribution in [2.75, 3.05) is 18.4 Å². The van der Waals surface area contributed by atoms with Crippen molar-refractivity contribution >= 4 is 21.6 Å². The maximum absolute atomic E-state index is 13.1. The summed E-state index contributed by atoms with van der Waals surface area (Å²) in [4.78, 5) is 12.0. The van der Waals surface area contributed by atoms with Gasteiger partial charge >= 0.3 is 6.18 Å². The third-order valence-corrected chi connectivity index (χ3v) is 6.91. The number of sulfonamides is 1. The molecule has 2 aromatic carbocycles. The van der Waals surface area contributed by atoms with Gasteiger partial charge in [-0.2, -0.15) is 17.5 Å². The SMILES string of the molecule is Cc1ccc(S(=O)(=O)N2CCC(C(=O)Nc3ccccc3)CC2)cc1C(F)(F)F. The number of halogens is 3. The van der Waals surface area contributed by atoms with Gasteiger partial charge in [0.15, 0.2) is 0 Å². The molecule has 1 amide bonds. The fourth-order valence-electron chi connectivity index (χ4n) is 3.34. The number of rotatable bonds is 4. The monoisotopic (exact) mass is 426 g/mol. The van der Waals surface area contributed by atoms with Crippen LogP contribution in [0.25, 0.3) is 0 Å². The Morgan fingerprint density at radius 3 is 2.28 bits per heavy atom. The van der Waals surface area contributed by atoms with Gasteiger partial charge in [-0.1, -0.05) is 24.3 Å². The Morgan fingerprint density at radius 1 is 1.07 bits per heavy atom. The summed E-state index contributed by atoms with van der Waals surface area (Å²) in [6, 6.07) is 12.0. The molecule has 0 unspecified atom stereocenters. The van der Waals surface area contributed by atoms with Gasteiger partial charge in [0, 0.05) is 24.7 Å².